The van der Waals surface area contributed by atoms with Gasteiger partial charge in [0.1, 0.15) is 5.92 Å². The SMILES string of the molecule is CCCC(C(=O)NN1CCOCC1)C(N)=NO. The van der Waals surface area contributed by atoms with Crippen LogP contribution >= 0.6 is 0 Å². The normalized spacial score (nSPS) is 19.9. The predicted molar refractivity (Wildman–Crippen MR) is 62.3 cm³/mol. The molecule has 0 aliphatic carbocycles. The second-order valence-electron chi connectivity index (χ2n) is 3.94. The van der Waals surface area contributed by atoms with Gasteiger partial charge < -0.3 is 15.7 Å². The van der Waals surface area contributed by atoms with Crippen LogP contribution in [0, 0.1) is 5.92 Å². The van der Waals surface area contributed by atoms with Gasteiger partial charge in [-0.25, -0.2) is 5.01 Å². The van der Waals surface area contributed by atoms with E-state index in [0.29, 0.717) is 32.7 Å². The van der Waals surface area contributed by atoms with Gasteiger partial charge >= 0.3 is 0 Å². The molecule has 0 aromatic rings. The molecular formula is C10H20N4O3. The number of morpholine rings is 1. The van der Waals surface area contributed by atoms with Crippen molar-refractivity contribution >= 4 is 11.7 Å². The van der Waals surface area contributed by atoms with Crippen LogP contribution in [0.3, 0.4) is 0 Å². The van der Waals surface area contributed by atoms with E-state index < -0.39 is 5.92 Å². The van der Waals surface area contributed by atoms with E-state index in [4.69, 9.17) is 15.7 Å². The zero-order chi connectivity index (χ0) is 12.7. The monoisotopic (exact) mass is 244 g/mol. The molecule has 1 aliphatic rings. The average Bonchev–Trinajstić information content (AvgIpc) is 2.36. The Kier molecular flexibility index (Phi) is 5.71. The quantitative estimate of drug-likeness (QED) is 0.262. The van der Waals surface area contributed by atoms with Crippen molar-refractivity contribution in [2.24, 2.45) is 16.8 Å². The van der Waals surface area contributed by atoms with Gasteiger partial charge in [-0.05, 0) is 6.42 Å². The van der Waals surface area contributed by atoms with E-state index in [1.54, 1.807) is 5.01 Å². The number of carbonyl (C=O) groups is 1. The number of amides is 1. The highest BCUT2D eigenvalue weighted by Crippen LogP contribution is 2.07. The van der Waals surface area contributed by atoms with E-state index in [0.717, 1.165) is 6.42 Å². The Morgan fingerprint density at radius 2 is 2.24 bits per heavy atom. The van der Waals surface area contributed by atoms with Gasteiger partial charge in [-0.3, -0.25) is 10.2 Å². The Morgan fingerprint density at radius 3 is 2.76 bits per heavy atom. The Bertz CT molecular complexity index is 277. The summed E-state index contributed by atoms with van der Waals surface area (Å²) in [5.74, 6) is -0.852. The number of hydrogen-bond acceptors (Lipinski definition) is 5. The van der Waals surface area contributed by atoms with E-state index in [1.807, 2.05) is 6.92 Å². The predicted octanol–water partition coefficient (Wildman–Crippen LogP) is -0.487. The average molecular weight is 244 g/mol. The fourth-order valence-corrected chi connectivity index (χ4v) is 1.68. The van der Waals surface area contributed by atoms with Crippen molar-refractivity contribution in [3.05, 3.63) is 0 Å². The number of oxime groups is 1. The van der Waals surface area contributed by atoms with Crippen molar-refractivity contribution in [3.63, 3.8) is 0 Å². The summed E-state index contributed by atoms with van der Waals surface area (Å²) < 4.78 is 5.18. The van der Waals surface area contributed by atoms with Gasteiger partial charge in [-0.1, -0.05) is 18.5 Å². The maximum absolute atomic E-state index is 11.9. The third-order valence-electron chi connectivity index (χ3n) is 2.65. The maximum Gasteiger partial charge on any atom is 0.245 e. The number of nitrogens with one attached hydrogen (secondary N) is 1. The number of hydrazine groups is 1. The van der Waals surface area contributed by atoms with Gasteiger partial charge in [0, 0.05) is 13.1 Å². The van der Waals surface area contributed by atoms with Crippen LogP contribution in [0.2, 0.25) is 0 Å². The van der Waals surface area contributed by atoms with Crippen LogP contribution in [0.4, 0.5) is 0 Å². The number of amidine groups is 1. The summed E-state index contributed by atoms with van der Waals surface area (Å²) in [7, 11) is 0. The molecule has 98 valence electrons. The molecule has 1 heterocycles. The topological polar surface area (TPSA) is 100 Å². The van der Waals surface area contributed by atoms with Crippen LogP contribution in [0.25, 0.3) is 0 Å². The zero-order valence-corrected chi connectivity index (χ0v) is 10.1. The van der Waals surface area contributed by atoms with Crippen molar-refractivity contribution in [2.45, 2.75) is 19.8 Å². The number of ether oxygens (including phenoxy) is 1. The Morgan fingerprint density at radius 1 is 1.59 bits per heavy atom. The van der Waals surface area contributed by atoms with Crippen molar-refractivity contribution in [1.29, 1.82) is 0 Å². The molecule has 1 unspecified atom stereocenters. The summed E-state index contributed by atoms with van der Waals surface area (Å²) in [5.41, 5.74) is 8.27. The minimum atomic E-state index is -0.576. The van der Waals surface area contributed by atoms with Crippen LogP contribution < -0.4 is 11.2 Å². The second-order valence-corrected chi connectivity index (χ2v) is 3.94. The van der Waals surface area contributed by atoms with Gasteiger partial charge in [0.05, 0.1) is 13.2 Å². The third-order valence-corrected chi connectivity index (χ3v) is 2.65. The summed E-state index contributed by atoms with van der Waals surface area (Å²) in [6.07, 6.45) is 1.35. The molecule has 7 nitrogen and oxygen atoms in total. The molecule has 17 heavy (non-hydrogen) atoms. The molecule has 1 fully saturated rings. The van der Waals surface area contributed by atoms with Crippen LogP contribution in [0.15, 0.2) is 5.16 Å². The first-order valence-electron chi connectivity index (χ1n) is 5.79. The van der Waals surface area contributed by atoms with Gasteiger partial charge in [0.25, 0.3) is 0 Å². The molecular weight excluding hydrogens is 224 g/mol. The Balaban J connectivity index is 2.52. The van der Waals surface area contributed by atoms with Crippen LogP contribution in [0.5, 0.6) is 0 Å². The summed E-state index contributed by atoms with van der Waals surface area (Å²) in [6.45, 7) is 4.45. The molecule has 1 rings (SSSR count). The molecule has 7 heteroatoms. The zero-order valence-electron chi connectivity index (χ0n) is 10.1. The molecule has 1 amide bonds. The summed E-state index contributed by atoms with van der Waals surface area (Å²) in [6, 6.07) is 0. The molecule has 1 saturated heterocycles. The number of nitrogens with two attached hydrogens (primary N) is 1. The molecule has 0 aromatic carbocycles. The van der Waals surface area contributed by atoms with Gasteiger partial charge in [0.2, 0.25) is 5.91 Å². The first kappa shape index (κ1) is 13.7. The lowest BCUT2D eigenvalue weighted by Gasteiger charge is -2.28. The second kappa shape index (κ2) is 7.08. The minimum absolute atomic E-state index is 0.0439. The first-order valence-corrected chi connectivity index (χ1v) is 5.79. The van der Waals surface area contributed by atoms with Gasteiger partial charge in [-0.2, -0.15) is 0 Å². The van der Waals surface area contributed by atoms with E-state index in [-0.39, 0.29) is 11.7 Å². The highest BCUT2D eigenvalue weighted by Gasteiger charge is 2.24. The molecule has 0 bridgehead atoms. The highest BCUT2D eigenvalue weighted by molar-refractivity contribution is 6.01. The molecule has 1 atom stereocenters. The molecule has 1 aliphatic heterocycles. The number of nitrogens with zero attached hydrogens (tertiary/aromatic N) is 2. The Hall–Kier alpha value is -1.34. The number of hydrogen-bond donors (Lipinski definition) is 3. The van der Waals surface area contributed by atoms with Crippen molar-refractivity contribution in [2.75, 3.05) is 26.3 Å². The van der Waals surface area contributed by atoms with Crippen molar-refractivity contribution < 1.29 is 14.7 Å². The van der Waals surface area contributed by atoms with Gasteiger partial charge in [-0.15, -0.1) is 0 Å². The highest BCUT2D eigenvalue weighted by atomic mass is 16.5. The fraction of sp³-hybridized carbons (Fsp3) is 0.800. The van der Waals surface area contributed by atoms with Crippen LogP contribution in [0.1, 0.15) is 19.8 Å². The lowest BCUT2D eigenvalue weighted by molar-refractivity contribution is -0.130. The van der Waals surface area contributed by atoms with Crippen molar-refractivity contribution in [1.82, 2.24) is 10.4 Å². The van der Waals surface area contributed by atoms with E-state index >= 15 is 0 Å². The molecule has 0 radical (unpaired) electrons. The van der Waals surface area contributed by atoms with Gasteiger partial charge in [0.15, 0.2) is 5.84 Å². The number of carbonyl (C=O) groups excluding carboxylic acids is 1. The van der Waals surface area contributed by atoms with E-state index in [1.165, 1.54) is 0 Å². The first-order chi connectivity index (χ1) is 8.19. The van der Waals surface area contributed by atoms with Crippen molar-refractivity contribution in [3.8, 4) is 0 Å². The Labute approximate surface area is 101 Å². The molecule has 0 spiro atoms. The molecule has 0 saturated carbocycles. The summed E-state index contributed by atoms with van der Waals surface area (Å²) in [5, 5.41) is 13.3. The molecule has 0 aromatic heterocycles. The third kappa shape index (κ3) is 4.20. The smallest absolute Gasteiger partial charge is 0.245 e. The summed E-state index contributed by atoms with van der Waals surface area (Å²) in [4.78, 5) is 11.9. The van der Waals surface area contributed by atoms with Crippen LogP contribution in [-0.4, -0.2) is 48.3 Å². The van der Waals surface area contributed by atoms with E-state index in [9.17, 15) is 4.79 Å². The largest absolute Gasteiger partial charge is 0.409 e. The standard InChI is InChI=1S/C10H20N4O3/c1-2-3-8(9(11)13-16)10(15)12-14-4-6-17-7-5-14/h8,16H,2-7H2,1H3,(H2,11,13)(H,12,15). The van der Waals surface area contributed by atoms with E-state index in [2.05, 4.69) is 10.6 Å². The maximum atomic E-state index is 11.9. The fourth-order valence-electron chi connectivity index (χ4n) is 1.68. The molecule has 4 N–H and O–H groups in total. The summed E-state index contributed by atoms with van der Waals surface area (Å²) >= 11 is 0. The lowest BCUT2D eigenvalue weighted by atomic mass is 10.0. The van der Waals surface area contributed by atoms with Crippen LogP contribution in [-0.2, 0) is 9.53 Å². The lowest BCUT2D eigenvalue weighted by Crippen LogP contribution is -2.51. The minimum Gasteiger partial charge on any atom is -0.409 e. The number of rotatable bonds is 5.